The van der Waals surface area contributed by atoms with Crippen LogP contribution in [0.1, 0.15) is 66.7 Å². The first-order valence-electron chi connectivity index (χ1n) is 7.53. The molecule has 0 fully saturated rings. The zero-order chi connectivity index (χ0) is 16.7. The number of carbonyl (C=O) groups excluding carboxylic acids is 1. The maximum Gasteiger partial charge on any atom is 0.255 e. The van der Waals surface area contributed by atoms with E-state index in [1.807, 2.05) is 31.6 Å². The molecule has 5 nitrogen and oxygen atoms in total. The molecular weight excluding hydrogens is 278 g/mol. The minimum absolute atomic E-state index is 0.0789. The van der Waals surface area contributed by atoms with Crippen molar-refractivity contribution in [3.8, 4) is 0 Å². The van der Waals surface area contributed by atoms with Gasteiger partial charge in [0.25, 0.3) is 5.91 Å². The number of aromatic nitrogens is 2. The van der Waals surface area contributed by atoms with Crippen molar-refractivity contribution >= 4 is 5.91 Å². The second kappa shape index (κ2) is 5.63. The predicted octanol–water partition coefficient (Wildman–Crippen LogP) is 3.65. The Balaban J connectivity index is 2.21. The number of hydrogen-bond donors (Lipinski definition) is 1. The van der Waals surface area contributed by atoms with Crippen LogP contribution in [0.2, 0.25) is 0 Å². The van der Waals surface area contributed by atoms with Gasteiger partial charge in [-0.1, -0.05) is 0 Å². The SMILES string of the molecule is Cc1coc(C)c1C(=O)NC(C)c1cn(C(C)(C)C)nc1C. The first-order valence-corrected chi connectivity index (χ1v) is 7.53. The van der Waals surface area contributed by atoms with Crippen molar-refractivity contribution < 1.29 is 9.21 Å². The lowest BCUT2D eigenvalue weighted by Gasteiger charge is -2.19. The summed E-state index contributed by atoms with van der Waals surface area (Å²) in [5.74, 6) is 0.531. The Labute approximate surface area is 131 Å². The van der Waals surface area contributed by atoms with E-state index in [-0.39, 0.29) is 17.5 Å². The molecule has 0 saturated carbocycles. The van der Waals surface area contributed by atoms with Gasteiger partial charge in [-0.05, 0) is 48.5 Å². The van der Waals surface area contributed by atoms with E-state index in [4.69, 9.17) is 4.42 Å². The lowest BCUT2D eigenvalue weighted by Crippen LogP contribution is -2.27. The monoisotopic (exact) mass is 303 g/mol. The van der Waals surface area contributed by atoms with Crippen molar-refractivity contribution in [2.75, 3.05) is 0 Å². The minimum Gasteiger partial charge on any atom is -0.469 e. The Morgan fingerprint density at radius 1 is 1.32 bits per heavy atom. The van der Waals surface area contributed by atoms with Gasteiger partial charge in [-0.15, -0.1) is 0 Å². The van der Waals surface area contributed by atoms with Gasteiger partial charge in [-0.25, -0.2) is 0 Å². The van der Waals surface area contributed by atoms with Gasteiger partial charge >= 0.3 is 0 Å². The van der Waals surface area contributed by atoms with Crippen molar-refractivity contribution in [2.45, 2.75) is 60.0 Å². The van der Waals surface area contributed by atoms with E-state index in [1.165, 1.54) is 0 Å². The van der Waals surface area contributed by atoms with Crippen LogP contribution >= 0.6 is 0 Å². The second-order valence-electron chi connectivity index (χ2n) is 6.83. The van der Waals surface area contributed by atoms with Gasteiger partial charge < -0.3 is 9.73 Å². The number of rotatable bonds is 3. The molecule has 1 amide bonds. The summed E-state index contributed by atoms with van der Waals surface area (Å²) < 4.78 is 7.24. The number of aryl methyl sites for hydroxylation is 3. The predicted molar refractivity (Wildman–Crippen MR) is 86.0 cm³/mol. The first kappa shape index (κ1) is 16.3. The van der Waals surface area contributed by atoms with Crippen molar-refractivity contribution in [1.29, 1.82) is 0 Å². The summed E-state index contributed by atoms with van der Waals surface area (Å²) in [7, 11) is 0. The van der Waals surface area contributed by atoms with E-state index in [0.29, 0.717) is 11.3 Å². The third-order valence-electron chi connectivity index (χ3n) is 3.82. The molecule has 0 aliphatic carbocycles. The van der Waals surface area contributed by atoms with Crippen molar-refractivity contribution in [1.82, 2.24) is 15.1 Å². The van der Waals surface area contributed by atoms with Crippen molar-refractivity contribution in [2.24, 2.45) is 0 Å². The van der Waals surface area contributed by atoms with Crippen LogP contribution in [0.3, 0.4) is 0 Å². The average molecular weight is 303 g/mol. The summed E-state index contributed by atoms with van der Waals surface area (Å²) in [6.07, 6.45) is 3.62. The van der Waals surface area contributed by atoms with Crippen molar-refractivity contribution in [3.63, 3.8) is 0 Å². The van der Waals surface area contributed by atoms with E-state index >= 15 is 0 Å². The largest absolute Gasteiger partial charge is 0.469 e. The van der Waals surface area contributed by atoms with Crippen LogP contribution in [0.25, 0.3) is 0 Å². The number of hydrogen-bond acceptors (Lipinski definition) is 3. The molecule has 0 aliphatic rings. The molecule has 2 rings (SSSR count). The summed E-state index contributed by atoms with van der Waals surface area (Å²) >= 11 is 0. The van der Waals surface area contributed by atoms with Gasteiger partial charge in [-0.3, -0.25) is 9.48 Å². The highest BCUT2D eigenvalue weighted by Crippen LogP contribution is 2.22. The third-order valence-corrected chi connectivity index (χ3v) is 3.82. The summed E-state index contributed by atoms with van der Waals surface area (Å²) in [4.78, 5) is 12.4. The number of carbonyl (C=O) groups is 1. The molecule has 1 atom stereocenters. The number of nitrogens with zero attached hydrogens (tertiary/aromatic N) is 2. The highest BCUT2D eigenvalue weighted by Gasteiger charge is 2.22. The van der Waals surface area contributed by atoms with Crippen LogP contribution in [-0.4, -0.2) is 15.7 Å². The number of nitrogens with one attached hydrogen (secondary N) is 1. The molecule has 22 heavy (non-hydrogen) atoms. The summed E-state index contributed by atoms with van der Waals surface area (Å²) in [5.41, 5.74) is 3.35. The number of amides is 1. The maximum absolute atomic E-state index is 12.4. The highest BCUT2D eigenvalue weighted by molar-refractivity contribution is 5.96. The molecule has 0 radical (unpaired) electrons. The van der Waals surface area contributed by atoms with E-state index in [1.54, 1.807) is 13.2 Å². The second-order valence-corrected chi connectivity index (χ2v) is 6.83. The highest BCUT2D eigenvalue weighted by atomic mass is 16.3. The van der Waals surface area contributed by atoms with Crippen molar-refractivity contribution in [3.05, 3.63) is 40.6 Å². The van der Waals surface area contributed by atoms with Crippen LogP contribution in [0.4, 0.5) is 0 Å². The Morgan fingerprint density at radius 2 is 1.95 bits per heavy atom. The van der Waals surface area contributed by atoms with Gasteiger partial charge in [0.1, 0.15) is 5.76 Å². The fraction of sp³-hybridized carbons (Fsp3) is 0.529. The van der Waals surface area contributed by atoms with E-state index in [2.05, 4.69) is 31.2 Å². The Morgan fingerprint density at radius 3 is 2.41 bits per heavy atom. The summed E-state index contributed by atoms with van der Waals surface area (Å²) in [6, 6.07) is -0.114. The smallest absolute Gasteiger partial charge is 0.255 e. The molecule has 1 N–H and O–H groups in total. The average Bonchev–Trinajstić information content (AvgIpc) is 2.92. The van der Waals surface area contributed by atoms with E-state index < -0.39 is 0 Å². The molecule has 2 aromatic rings. The molecule has 1 unspecified atom stereocenters. The Hall–Kier alpha value is -2.04. The first-order chi connectivity index (χ1) is 10.1. The molecule has 0 spiro atoms. The normalized spacial score (nSPS) is 13.2. The fourth-order valence-corrected chi connectivity index (χ4v) is 2.50. The molecule has 5 heteroatoms. The van der Waals surface area contributed by atoms with Crippen LogP contribution in [0.5, 0.6) is 0 Å². The zero-order valence-corrected chi connectivity index (χ0v) is 14.4. The lowest BCUT2D eigenvalue weighted by atomic mass is 10.1. The standard InChI is InChI=1S/C17H25N3O2/c1-10-9-22-13(4)15(10)16(21)18-11(2)14-8-20(17(5,6)7)19-12(14)3/h8-9,11H,1-7H3,(H,18,21). The third kappa shape index (κ3) is 3.08. The molecule has 2 aromatic heterocycles. The van der Waals surface area contributed by atoms with Crippen LogP contribution in [0.15, 0.2) is 16.9 Å². The Bertz CT molecular complexity index is 670. The van der Waals surface area contributed by atoms with Crippen LogP contribution in [-0.2, 0) is 5.54 Å². The van der Waals surface area contributed by atoms with Crippen LogP contribution < -0.4 is 5.32 Å². The molecule has 2 heterocycles. The molecule has 0 aromatic carbocycles. The fourth-order valence-electron chi connectivity index (χ4n) is 2.50. The summed E-state index contributed by atoms with van der Waals surface area (Å²) in [6.45, 7) is 13.9. The Kier molecular flexibility index (Phi) is 4.18. The quantitative estimate of drug-likeness (QED) is 0.941. The topological polar surface area (TPSA) is 60.1 Å². The lowest BCUT2D eigenvalue weighted by molar-refractivity contribution is 0.0938. The molecule has 0 saturated heterocycles. The van der Waals surface area contributed by atoms with E-state index in [0.717, 1.165) is 16.8 Å². The number of furan rings is 1. The van der Waals surface area contributed by atoms with Crippen LogP contribution in [0, 0.1) is 20.8 Å². The van der Waals surface area contributed by atoms with Gasteiger partial charge in [0.15, 0.2) is 0 Å². The van der Waals surface area contributed by atoms with E-state index in [9.17, 15) is 4.79 Å². The summed E-state index contributed by atoms with van der Waals surface area (Å²) in [5, 5.41) is 7.59. The zero-order valence-electron chi connectivity index (χ0n) is 14.4. The van der Waals surface area contributed by atoms with Gasteiger partial charge in [-0.2, -0.15) is 5.10 Å². The van der Waals surface area contributed by atoms with Gasteiger partial charge in [0.05, 0.1) is 29.1 Å². The van der Waals surface area contributed by atoms with Gasteiger partial charge in [0, 0.05) is 17.3 Å². The minimum atomic E-state index is -0.114. The molecule has 120 valence electrons. The van der Waals surface area contributed by atoms with Gasteiger partial charge in [0.2, 0.25) is 0 Å². The molecular formula is C17H25N3O2. The maximum atomic E-state index is 12.4. The molecule has 0 aliphatic heterocycles. The molecule has 0 bridgehead atoms.